The molecule has 188 valence electrons. The van der Waals surface area contributed by atoms with Crippen molar-refractivity contribution in [1.29, 1.82) is 0 Å². The Hall–Kier alpha value is -2.84. The minimum atomic E-state index is -0.866. The van der Waals surface area contributed by atoms with Crippen molar-refractivity contribution in [1.82, 2.24) is 15.1 Å². The summed E-state index contributed by atoms with van der Waals surface area (Å²) in [6.45, 7) is 7.91. The Morgan fingerprint density at radius 1 is 1.00 bits per heavy atom. The molecule has 2 fully saturated rings. The van der Waals surface area contributed by atoms with Crippen LogP contribution in [0.5, 0.6) is 0 Å². The summed E-state index contributed by atoms with van der Waals surface area (Å²) in [7, 11) is 0. The first-order valence-electron chi connectivity index (χ1n) is 12.3. The lowest BCUT2D eigenvalue weighted by Crippen LogP contribution is -2.45. The molecule has 0 saturated carbocycles. The molecule has 0 bridgehead atoms. The van der Waals surface area contributed by atoms with Crippen molar-refractivity contribution < 1.29 is 23.1 Å². The van der Waals surface area contributed by atoms with Crippen LogP contribution in [-0.2, 0) is 22.6 Å². The van der Waals surface area contributed by atoms with Crippen molar-refractivity contribution in [3.05, 3.63) is 70.8 Å². The standard InChI is InChI=1S/C27H33F2N3O3/c1-18-15-31(16-19(2)35-18)17-22-6-4-3-5-21(22)14-30-26(33)20-9-11-32(12-10-20)27(34)24-8-7-23(28)13-25(24)29/h3-8,13,18-20H,9-12,14-17H2,1-2H3,(H,30,33). The highest BCUT2D eigenvalue weighted by Crippen LogP contribution is 2.22. The van der Waals surface area contributed by atoms with Crippen molar-refractivity contribution in [2.75, 3.05) is 26.2 Å². The first kappa shape index (κ1) is 25.3. The molecule has 35 heavy (non-hydrogen) atoms. The van der Waals surface area contributed by atoms with Gasteiger partial charge in [-0.1, -0.05) is 24.3 Å². The molecule has 2 atom stereocenters. The molecule has 2 aromatic rings. The Kier molecular flexibility index (Phi) is 8.13. The summed E-state index contributed by atoms with van der Waals surface area (Å²) < 4.78 is 33.0. The Bertz CT molecular complexity index is 1050. The lowest BCUT2D eigenvalue weighted by atomic mass is 9.95. The van der Waals surface area contributed by atoms with E-state index in [9.17, 15) is 18.4 Å². The first-order chi connectivity index (χ1) is 16.8. The summed E-state index contributed by atoms with van der Waals surface area (Å²) in [5, 5.41) is 3.07. The summed E-state index contributed by atoms with van der Waals surface area (Å²) in [6, 6.07) is 11.1. The third kappa shape index (κ3) is 6.44. The van der Waals surface area contributed by atoms with E-state index < -0.39 is 17.5 Å². The Balaban J connectivity index is 1.29. The summed E-state index contributed by atoms with van der Waals surface area (Å²) in [4.78, 5) is 29.4. The van der Waals surface area contributed by atoms with E-state index in [1.54, 1.807) is 0 Å². The molecule has 2 aliphatic rings. The monoisotopic (exact) mass is 485 g/mol. The molecule has 2 unspecified atom stereocenters. The van der Waals surface area contributed by atoms with Crippen LogP contribution in [0.2, 0.25) is 0 Å². The number of carbonyl (C=O) groups excluding carboxylic acids is 2. The number of halogens is 2. The highest BCUT2D eigenvalue weighted by Gasteiger charge is 2.29. The van der Waals surface area contributed by atoms with Crippen molar-refractivity contribution in [2.45, 2.75) is 52.0 Å². The Morgan fingerprint density at radius 2 is 1.66 bits per heavy atom. The number of morpholine rings is 1. The fraction of sp³-hybridized carbons (Fsp3) is 0.481. The third-order valence-corrected chi connectivity index (χ3v) is 6.78. The number of nitrogens with one attached hydrogen (secondary N) is 1. The van der Waals surface area contributed by atoms with Gasteiger partial charge in [0, 0.05) is 51.3 Å². The Labute approximate surface area is 205 Å². The average Bonchev–Trinajstić information content (AvgIpc) is 2.82. The highest BCUT2D eigenvalue weighted by molar-refractivity contribution is 5.94. The second kappa shape index (κ2) is 11.3. The molecule has 1 N–H and O–H groups in total. The van der Waals surface area contributed by atoms with Crippen molar-refractivity contribution in [3.63, 3.8) is 0 Å². The lowest BCUT2D eigenvalue weighted by molar-refractivity contribution is -0.126. The highest BCUT2D eigenvalue weighted by atomic mass is 19.1. The second-order valence-electron chi connectivity index (χ2n) is 9.63. The van der Waals surface area contributed by atoms with Gasteiger partial charge in [0.05, 0.1) is 17.8 Å². The van der Waals surface area contributed by atoms with Gasteiger partial charge >= 0.3 is 0 Å². The van der Waals surface area contributed by atoms with Crippen LogP contribution in [0.25, 0.3) is 0 Å². The maximum absolute atomic E-state index is 14.0. The fourth-order valence-electron chi connectivity index (χ4n) is 5.04. The van der Waals surface area contributed by atoms with Crippen molar-refractivity contribution >= 4 is 11.8 Å². The zero-order valence-electron chi connectivity index (χ0n) is 20.3. The minimum Gasteiger partial charge on any atom is -0.373 e. The van der Waals surface area contributed by atoms with Crippen LogP contribution in [0.15, 0.2) is 42.5 Å². The van der Waals surface area contributed by atoms with Gasteiger partial charge in [0.25, 0.3) is 5.91 Å². The number of piperidine rings is 1. The number of benzene rings is 2. The van der Waals surface area contributed by atoms with E-state index >= 15 is 0 Å². The van der Waals surface area contributed by atoms with Crippen LogP contribution in [0.4, 0.5) is 8.78 Å². The smallest absolute Gasteiger partial charge is 0.256 e. The molecule has 0 spiro atoms. The van der Waals surface area contributed by atoms with E-state index in [1.165, 1.54) is 16.5 Å². The van der Waals surface area contributed by atoms with Gasteiger partial charge in [-0.05, 0) is 49.9 Å². The van der Waals surface area contributed by atoms with Crippen LogP contribution < -0.4 is 5.32 Å². The quantitative estimate of drug-likeness (QED) is 0.677. The largest absolute Gasteiger partial charge is 0.373 e. The van der Waals surface area contributed by atoms with Gasteiger partial charge in [-0.15, -0.1) is 0 Å². The summed E-state index contributed by atoms with van der Waals surface area (Å²) in [5.41, 5.74) is 2.14. The topological polar surface area (TPSA) is 61.9 Å². The van der Waals surface area contributed by atoms with Crippen molar-refractivity contribution in [2.24, 2.45) is 5.92 Å². The van der Waals surface area contributed by atoms with E-state index in [0.717, 1.165) is 31.3 Å². The van der Waals surface area contributed by atoms with Crippen molar-refractivity contribution in [3.8, 4) is 0 Å². The van der Waals surface area contributed by atoms with Gasteiger partial charge in [-0.2, -0.15) is 0 Å². The fourth-order valence-corrected chi connectivity index (χ4v) is 5.04. The predicted octanol–water partition coefficient (Wildman–Crippen LogP) is 3.74. The molecule has 2 heterocycles. The molecule has 0 radical (unpaired) electrons. The van der Waals surface area contributed by atoms with E-state index in [0.29, 0.717) is 38.5 Å². The SMILES string of the molecule is CC1CN(Cc2ccccc2CNC(=O)C2CCN(C(=O)c3ccc(F)cc3F)CC2)CC(C)O1. The molecule has 2 aliphatic heterocycles. The van der Waals surface area contributed by atoms with Gasteiger partial charge in [-0.25, -0.2) is 8.78 Å². The maximum Gasteiger partial charge on any atom is 0.256 e. The number of ether oxygens (including phenoxy) is 1. The number of nitrogens with zero attached hydrogens (tertiary/aromatic N) is 2. The van der Waals surface area contributed by atoms with Gasteiger partial charge in [0.1, 0.15) is 11.6 Å². The summed E-state index contributed by atoms with van der Waals surface area (Å²) >= 11 is 0. The van der Waals surface area contributed by atoms with Gasteiger partial charge in [-0.3, -0.25) is 14.5 Å². The maximum atomic E-state index is 14.0. The number of likely N-dealkylation sites (tertiary alicyclic amines) is 1. The predicted molar refractivity (Wildman–Crippen MR) is 129 cm³/mol. The minimum absolute atomic E-state index is 0.0338. The number of rotatable bonds is 6. The Morgan fingerprint density at radius 3 is 2.31 bits per heavy atom. The number of carbonyl (C=O) groups is 2. The summed E-state index contributed by atoms with van der Waals surface area (Å²) in [6.07, 6.45) is 1.41. The molecule has 0 aromatic heterocycles. The molecular weight excluding hydrogens is 452 g/mol. The van der Waals surface area contributed by atoms with E-state index in [4.69, 9.17) is 4.74 Å². The van der Waals surface area contributed by atoms with Crippen LogP contribution in [0.3, 0.4) is 0 Å². The second-order valence-corrected chi connectivity index (χ2v) is 9.63. The van der Waals surface area contributed by atoms with Crippen LogP contribution in [0, 0.1) is 17.6 Å². The molecule has 2 amide bonds. The van der Waals surface area contributed by atoms with Gasteiger partial charge < -0.3 is 15.0 Å². The molecule has 2 saturated heterocycles. The van der Waals surface area contributed by atoms with Crippen LogP contribution in [0.1, 0.15) is 48.2 Å². The zero-order chi connectivity index (χ0) is 24.9. The van der Waals surface area contributed by atoms with Crippen LogP contribution >= 0.6 is 0 Å². The van der Waals surface area contributed by atoms with Crippen LogP contribution in [-0.4, -0.2) is 60.0 Å². The molecule has 0 aliphatic carbocycles. The molecular formula is C27H33F2N3O3. The molecule has 4 rings (SSSR count). The zero-order valence-corrected chi connectivity index (χ0v) is 20.3. The van der Waals surface area contributed by atoms with E-state index in [-0.39, 0.29) is 29.6 Å². The summed E-state index contributed by atoms with van der Waals surface area (Å²) in [5.74, 6) is -2.29. The lowest BCUT2D eigenvalue weighted by Gasteiger charge is -2.35. The van der Waals surface area contributed by atoms with Gasteiger partial charge in [0.2, 0.25) is 5.91 Å². The van der Waals surface area contributed by atoms with E-state index in [1.807, 2.05) is 18.2 Å². The van der Waals surface area contributed by atoms with Gasteiger partial charge in [0.15, 0.2) is 0 Å². The molecule has 8 heteroatoms. The van der Waals surface area contributed by atoms with E-state index in [2.05, 4.69) is 30.1 Å². The molecule has 6 nitrogen and oxygen atoms in total. The first-order valence-corrected chi connectivity index (χ1v) is 12.3. The molecule has 2 aromatic carbocycles. The number of amides is 2. The third-order valence-electron chi connectivity index (χ3n) is 6.78. The number of hydrogen-bond donors (Lipinski definition) is 1. The average molecular weight is 486 g/mol. The normalized spacial score (nSPS) is 21.7. The number of hydrogen-bond acceptors (Lipinski definition) is 4.